The molecular weight excluding hydrogens is 406 g/mol. The van der Waals surface area contributed by atoms with Crippen molar-refractivity contribution in [2.75, 3.05) is 47.0 Å². The van der Waals surface area contributed by atoms with Crippen molar-refractivity contribution >= 4 is 21.9 Å². The van der Waals surface area contributed by atoms with Gasteiger partial charge in [-0.3, -0.25) is 4.99 Å². The molecule has 1 aliphatic heterocycles. The summed E-state index contributed by atoms with van der Waals surface area (Å²) in [5.74, 6) is 1.02. The van der Waals surface area contributed by atoms with Crippen LogP contribution in [0.3, 0.4) is 0 Å². The van der Waals surface area contributed by atoms with Crippen LogP contribution in [0.4, 0.5) is 0 Å². The van der Waals surface area contributed by atoms with Crippen LogP contribution in [0.15, 0.2) is 33.7 Å². The number of piperidine rings is 1. The number of nitrogens with zero attached hydrogens (tertiary/aromatic N) is 2. The zero-order valence-corrected chi connectivity index (χ0v) is 18.1. The molecule has 0 amide bonds. The summed E-state index contributed by atoms with van der Waals surface area (Å²) in [4.78, 5) is 6.90. The molecule has 0 spiro atoms. The van der Waals surface area contributed by atoms with Crippen LogP contribution in [-0.4, -0.2) is 64.0 Å². The lowest BCUT2D eigenvalue weighted by Crippen LogP contribution is -2.48. The van der Waals surface area contributed by atoms with Crippen molar-refractivity contribution in [2.24, 2.45) is 4.99 Å². The van der Waals surface area contributed by atoms with Crippen molar-refractivity contribution < 1.29 is 9.47 Å². The molecule has 0 atom stereocenters. The number of halogens is 1. The molecule has 0 bridgehead atoms. The van der Waals surface area contributed by atoms with E-state index >= 15 is 0 Å². The van der Waals surface area contributed by atoms with E-state index in [0.29, 0.717) is 6.10 Å². The number of rotatable bonds is 8. The molecule has 2 fully saturated rings. The molecule has 1 heterocycles. The molecule has 1 saturated heterocycles. The predicted octanol–water partition coefficient (Wildman–Crippen LogP) is 3.57. The van der Waals surface area contributed by atoms with Gasteiger partial charge in [0.2, 0.25) is 0 Å². The van der Waals surface area contributed by atoms with Gasteiger partial charge in [-0.15, -0.1) is 0 Å². The number of likely N-dealkylation sites (tertiary alicyclic amines) is 1. The summed E-state index contributed by atoms with van der Waals surface area (Å²) in [6, 6.07) is 8.72. The van der Waals surface area contributed by atoms with E-state index in [1.54, 1.807) is 7.11 Å². The van der Waals surface area contributed by atoms with Crippen LogP contribution < -0.4 is 5.32 Å². The zero-order valence-electron chi connectivity index (χ0n) is 16.5. The van der Waals surface area contributed by atoms with E-state index in [-0.39, 0.29) is 5.41 Å². The van der Waals surface area contributed by atoms with E-state index in [1.807, 2.05) is 7.05 Å². The standard InChI is InChI=1S/C21H32BrN3O2/c1-23-20(25-11-7-19(8-12-25)27-14-4-13-26-2)24-16-21(9-10-21)17-5-3-6-18(22)15-17/h3,5-6,15,19H,4,7-14,16H2,1-2H3,(H,23,24). The van der Waals surface area contributed by atoms with Gasteiger partial charge in [-0.25, -0.2) is 0 Å². The van der Waals surface area contributed by atoms with Crippen LogP contribution in [0.5, 0.6) is 0 Å². The van der Waals surface area contributed by atoms with E-state index in [9.17, 15) is 0 Å². The third-order valence-corrected chi connectivity index (χ3v) is 6.17. The van der Waals surface area contributed by atoms with Gasteiger partial charge in [0.1, 0.15) is 0 Å². The van der Waals surface area contributed by atoms with Gasteiger partial charge in [0, 0.05) is 56.9 Å². The Hall–Kier alpha value is -1.11. The second-order valence-corrected chi connectivity index (χ2v) is 8.51. The summed E-state index contributed by atoms with van der Waals surface area (Å²) in [5, 5.41) is 3.64. The molecule has 1 aromatic carbocycles. The molecule has 1 saturated carbocycles. The Morgan fingerprint density at radius 2 is 2.07 bits per heavy atom. The van der Waals surface area contributed by atoms with Crippen molar-refractivity contribution in [1.29, 1.82) is 0 Å². The number of nitrogens with one attached hydrogen (secondary N) is 1. The molecule has 5 nitrogen and oxygen atoms in total. The Morgan fingerprint density at radius 3 is 2.70 bits per heavy atom. The minimum atomic E-state index is 0.266. The maximum absolute atomic E-state index is 5.97. The molecule has 1 aromatic rings. The zero-order chi connectivity index (χ0) is 19.1. The van der Waals surface area contributed by atoms with Crippen molar-refractivity contribution in [3.05, 3.63) is 34.3 Å². The number of guanidine groups is 1. The van der Waals surface area contributed by atoms with Crippen LogP contribution in [0.1, 0.15) is 37.7 Å². The van der Waals surface area contributed by atoms with Gasteiger partial charge in [-0.05, 0) is 49.8 Å². The average molecular weight is 438 g/mol. The molecule has 0 radical (unpaired) electrons. The van der Waals surface area contributed by atoms with Crippen LogP contribution in [0, 0.1) is 0 Å². The van der Waals surface area contributed by atoms with Crippen molar-refractivity contribution in [2.45, 2.75) is 43.6 Å². The van der Waals surface area contributed by atoms with Gasteiger partial charge < -0.3 is 19.7 Å². The van der Waals surface area contributed by atoms with Gasteiger partial charge in [-0.1, -0.05) is 28.1 Å². The minimum Gasteiger partial charge on any atom is -0.385 e. The van der Waals surface area contributed by atoms with Gasteiger partial charge in [-0.2, -0.15) is 0 Å². The first-order chi connectivity index (χ1) is 13.2. The molecule has 0 unspecified atom stereocenters. The van der Waals surface area contributed by atoms with Crippen molar-refractivity contribution in [3.63, 3.8) is 0 Å². The Labute approximate surface area is 171 Å². The average Bonchev–Trinajstić information content (AvgIpc) is 3.48. The first-order valence-corrected chi connectivity index (χ1v) is 10.8. The first-order valence-electron chi connectivity index (χ1n) is 9.99. The van der Waals surface area contributed by atoms with E-state index in [2.05, 4.69) is 55.4 Å². The lowest BCUT2D eigenvalue weighted by atomic mass is 9.96. The maximum atomic E-state index is 5.97. The number of aliphatic imine (C=N–C) groups is 1. The summed E-state index contributed by atoms with van der Waals surface area (Å²) >= 11 is 3.60. The largest absolute Gasteiger partial charge is 0.385 e. The number of ether oxygens (including phenoxy) is 2. The Kier molecular flexibility index (Phi) is 7.56. The third-order valence-electron chi connectivity index (χ3n) is 5.68. The number of hydrogen-bond acceptors (Lipinski definition) is 3. The Balaban J connectivity index is 1.45. The minimum absolute atomic E-state index is 0.266. The van der Waals surface area contributed by atoms with E-state index in [0.717, 1.165) is 62.5 Å². The third kappa shape index (κ3) is 5.69. The highest BCUT2D eigenvalue weighted by molar-refractivity contribution is 9.10. The lowest BCUT2D eigenvalue weighted by molar-refractivity contribution is 0.00989. The predicted molar refractivity (Wildman–Crippen MR) is 113 cm³/mol. The van der Waals surface area contributed by atoms with E-state index in [4.69, 9.17) is 9.47 Å². The summed E-state index contributed by atoms with van der Waals surface area (Å²) in [7, 11) is 3.62. The van der Waals surface area contributed by atoms with Gasteiger partial charge in [0.25, 0.3) is 0 Å². The highest BCUT2D eigenvalue weighted by atomic mass is 79.9. The Bertz CT molecular complexity index is 626. The monoisotopic (exact) mass is 437 g/mol. The second-order valence-electron chi connectivity index (χ2n) is 7.59. The molecule has 150 valence electrons. The van der Waals surface area contributed by atoms with Crippen molar-refractivity contribution in [1.82, 2.24) is 10.2 Å². The maximum Gasteiger partial charge on any atom is 0.193 e. The Morgan fingerprint density at radius 1 is 1.30 bits per heavy atom. The molecule has 0 aromatic heterocycles. The summed E-state index contributed by atoms with van der Waals surface area (Å²) in [5.41, 5.74) is 1.69. The normalized spacial score (nSPS) is 20.0. The number of methoxy groups -OCH3 is 1. The fraction of sp³-hybridized carbons (Fsp3) is 0.667. The topological polar surface area (TPSA) is 46.1 Å². The van der Waals surface area contributed by atoms with Gasteiger partial charge in [0.15, 0.2) is 5.96 Å². The molecule has 3 rings (SSSR count). The van der Waals surface area contributed by atoms with Crippen molar-refractivity contribution in [3.8, 4) is 0 Å². The molecular formula is C21H32BrN3O2. The van der Waals surface area contributed by atoms with E-state index in [1.165, 1.54) is 18.4 Å². The molecule has 1 aliphatic carbocycles. The number of benzene rings is 1. The molecule has 6 heteroatoms. The van der Waals surface area contributed by atoms with Crippen LogP contribution in [-0.2, 0) is 14.9 Å². The highest BCUT2D eigenvalue weighted by Gasteiger charge is 2.44. The highest BCUT2D eigenvalue weighted by Crippen LogP contribution is 2.48. The SMILES string of the molecule is CN=C(NCC1(c2cccc(Br)c2)CC1)N1CCC(OCCCOC)CC1. The number of hydrogen-bond donors (Lipinski definition) is 1. The van der Waals surface area contributed by atoms with Gasteiger partial charge in [0.05, 0.1) is 6.10 Å². The molecule has 27 heavy (non-hydrogen) atoms. The lowest BCUT2D eigenvalue weighted by Gasteiger charge is -2.34. The fourth-order valence-corrected chi connectivity index (χ4v) is 4.20. The molecule has 2 aliphatic rings. The fourth-order valence-electron chi connectivity index (χ4n) is 3.80. The van der Waals surface area contributed by atoms with E-state index < -0.39 is 0 Å². The smallest absolute Gasteiger partial charge is 0.193 e. The second kappa shape index (κ2) is 9.89. The molecule has 1 N–H and O–H groups in total. The van der Waals surface area contributed by atoms with Crippen LogP contribution in [0.2, 0.25) is 0 Å². The summed E-state index contributed by atoms with van der Waals surface area (Å²) in [6.45, 7) is 4.51. The summed E-state index contributed by atoms with van der Waals surface area (Å²) in [6.07, 6.45) is 5.94. The summed E-state index contributed by atoms with van der Waals surface area (Å²) < 4.78 is 12.2. The van der Waals surface area contributed by atoms with Gasteiger partial charge >= 0.3 is 0 Å². The van der Waals surface area contributed by atoms with Crippen LogP contribution in [0.25, 0.3) is 0 Å². The van der Waals surface area contributed by atoms with Crippen LogP contribution >= 0.6 is 15.9 Å². The first kappa shape index (κ1) is 20.6. The quantitative estimate of drug-likeness (QED) is 0.383.